The minimum Gasteiger partial charge on any atom is -0.312 e. The highest BCUT2D eigenvalue weighted by Crippen LogP contribution is 2.42. The predicted molar refractivity (Wildman–Crippen MR) is 67.2 cm³/mol. The first-order valence-electron chi connectivity index (χ1n) is 5.00. The van der Waals surface area contributed by atoms with Crippen LogP contribution < -0.4 is 0 Å². The molecule has 0 heterocycles. The second-order valence-electron chi connectivity index (χ2n) is 4.46. The Morgan fingerprint density at radius 2 is 1.94 bits per heavy atom. The largest absolute Gasteiger partial charge is 0.327 e. The SMILES string of the molecule is CO[P@@](C)(=O)OCCC(=O)C#C[Si](C)(C)C. The van der Waals surface area contributed by atoms with Crippen LogP contribution in [0.2, 0.25) is 19.6 Å². The van der Waals surface area contributed by atoms with Gasteiger partial charge in [-0.25, -0.2) is 0 Å². The number of Topliss-reactive ketones (excluding diaryl/α,β-unsaturated/α-hetero) is 1. The van der Waals surface area contributed by atoms with Gasteiger partial charge in [0, 0.05) is 20.2 Å². The van der Waals surface area contributed by atoms with Gasteiger partial charge < -0.3 is 9.05 Å². The number of carbonyl (C=O) groups is 1. The predicted octanol–water partition coefficient (Wildman–Crippen LogP) is 2.31. The Kier molecular flexibility index (Phi) is 6.20. The summed E-state index contributed by atoms with van der Waals surface area (Å²) in [6.45, 7) is 7.64. The molecule has 92 valence electrons. The van der Waals surface area contributed by atoms with E-state index in [1.807, 2.05) is 0 Å². The molecule has 0 aliphatic heterocycles. The van der Waals surface area contributed by atoms with Gasteiger partial charge in [0.2, 0.25) is 5.78 Å². The maximum absolute atomic E-state index is 11.3. The van der Waals surface area contributed by atoms with Crippen molar-refractivity contribution >= 4 is 21.5 Å². The zero-order valence-corrected chi connectivity index (χ0v) is 12.4. The third-order valence-electron chi connectivity index (χ3n) is 1.56. The van der Waals surface area contributed by atoms with E-state index in [2.05, 4.69) is 35.6 Å². The van der Waals surface area contributed by atoms with Crippen LogP contribution in [-0.4, -0.2) is 34.2 Å². The Bertz CT molecular complexity index is 348. The molecule has 0 rings (SSSR count). The maximum atomic E-state index is 11.3. The number of ketones is 1. The monoisotopic (exact) mass is 262 g/mol. The van der Waals surface area contributed by atoms with Crippen LogP contribution in [-0.2, 0) is 18.4 Å². The van der Waals surface area contributed by atoms with Crippen LogP contribution in [0.5, 0.6) is 0 Å². The van der Waals surface area contributed by atoms with Crippen molar-refractivity contribution in [2.75, 3.05) is 20.4 Å². The molecule has 0 unspecified atom stereocenters. The quantitative estimate of drug-likeness (QED) is 0.433. The molecule has 0 amide bonds. The lowest BCUT2D eigenvalue weighted by molar-refractivity contribution is -0.114. The summed E-state index contributed by atoms with van der Waals surface area (Å²) in [5.74, 6) is 2.41. The molecule has 0 N–H and O–H groups in total. The molecule has 0 radical (unpaired) electrons. The van der Waals surface area contributed by atoms with Gasteiger partial charge in [-0.1, -0.05) is 19.6 Å². The van der Waals surface area contributed by atoms with Crippen molar-refractivity contribution in [3.8, 4) is 11.5 Å². The standard InChI is InChI=1S/C10H19O4PSi/c1-13-15(2,12)14-8-6-10(11)7-9-16(3,4)5/h6,8H2,1-5H3/t15-/m1/s1. The van der Waals surface area contributed by atoms with Gasteiger partial charge in [-0.05, 0) is 5.92 Å². The highest BCUT2D eigenvalue weighted by molar-refractivity contribution is 7.52. The van der Waals surface area contributed by atoms with Crippen LogP contribution in [0.25, 0.3) is 0 Å². The minimum absolute atomic E-state index is 0.0842. The molecule has 0 saturated heterocycles. The van der Waals surface area contributed by atoms with Gasteiger partial charge in [-0.3, -0.25) is 9.36 Å². The lowest BCUT2D eigenvalue weighted by atomic mass is 10.3. The van der Waals surface area contributed by atoms with Crippen LogP contribution in [0.4, 0.5) is 0 Å². The number of hydrogen-bond donors (Lipinski definition) is 0. The molecular formula is C10H19O4PSi. The Morgan fingerprint density at radius 1 is 1.38 bits per heavy atom. The molecule has 16 heavy (non-hydrogen) atoms. The molecule has 0 aliphatic rings. The van der Waals surface area contributed by atoms with Crippen molar-refractivity contribution in [3.05, 3.63) is 0 Å². The first-order chi connectivity index (χ1) is 7.16. The summed E-state index contributed by atoms with van der Waals surface area (Å²) in [6, 6.07) is 0. The molecule has 0 spiro atoms. The molecule has 0 bridgehead atoms. The van der Waals surface area contributed by atoms with Crippen molar-refractivity contribution < 1.29 is 18.4 Å². The van der Waals surface area contributed by atoms with E-state index in [1.54, 1.807) is 0 Å². The second-order valence-corrected chi connectivity index (χ2v) is 11.4. The third-order valence-corrected chi connectivity index (χ3v) is 3.75. The van der Waals surface area contributed by atoms with Gasteiger partial charge in [-0.2, -0.15) is 0 Å². The average molecular weight is 262 g/mol. The van der Waals surface area contributed by atoms with Crippen molar-refractivity contribution in [1.82, 2.24) is 0 Å². The summed E-state index contributed by atoms with van der Waals surface area (Å²) in [4.78, 5) is 11.3. The Labute approximate surface area is 98.3 Å². The van der Waals surface area contributed by atoms with Crippen molar-refractivity contribution in [1.29, 1.82) is 0 Å². The minimum atomic E-state index is -2.97. The fourth-order valence-corrected chi connectivity index (χ4v) is 1.72. The Morgan fingerprint density at radius 3 is 2.38 bits per heavy atom. The first-order valence-corrected chi connectivity index (χ1v) is 10.5. The molecule has 0 aromatic heterocycles. The van der Waals surface area contributed by atoms with E-state index in [4.69, 9.17) is 4.52 Å². The molecule has 0 fully saturated rings. The highest BCUT2D eigenvalue weighted by atomic mass is 31.2. The van der Waals surface area contributed by atoms with Crippen LogP contribution in [0, 0.1) is 11.5 Å². The maximum Gasteiger partial charge on any atom is 0.327 e. The van der Waals surface area contributed by atoms with Crippen molar-refractivity contribution in [3.63, 3.8) is 0 Å². The van der Waals surface area contributed by atoms with E-state index in [0.29, 0.717) is 0 Å². The van der Waals surface area contributed by atoms with E-state index < -0.39 is 15.7 Å². The van der Waals surface area contributed by atoms with E-state index in [9.17, 15) is 9.36 Å². The highest BCUT2D eigenvalue weighted by Gasteiger charge is 2.14. The fourth-order valence-electron chi connectivity index (χ4n) is 0.677. The second kappa shape index (κ2) is 6.36. The zero-order valence-electron chi connectivity index (χ0n) is 10.5. The Balaban J connectivity index is 4.00. The summed E-state index contributed by atoms with van der Waals surface area (Å²) < 4.78 is 20.9. The van der Waals surface area contributed by atoms with Gasteiger partial charge in [0.1, 0.15) is 8.07 Å². The summed E-state index contributed by atoms with van der Waals surface area (Å²) in [5.41, 5.74) is 2.97. The molecule has 4 nitrogen and oxygen atoms in total. The summed E-state index contributed by atoms with van der Waals surface area (Å²) in [7, 11) is -3.16. The van der Waals surface area contributed by atoms with Crippen LogP contribution in [0.1, 0.15) is 6.42 Å². The summed E-state index contributed by atoms with van der Waals surface area (Å²) in [5, 5.41) is 0. The summed E-state index contributed by atoms with van der Waals surface area (Å²) >= 11 is 0. The molecule has 6 heteroatoms. The zero-order chi connectivity index (χ0) is 12.8. The molecular weight excluding hydrogens is 243 g/mol. The van der Waals surface area contributed by atoms with E-state index in [-0.39, 0.29) is 18.8 Å². The van der Waals surface area contributed by atoms with Crippen molar-refractivity contribution in [2.45, 2.75) is 26.1 Å². The van der Waals surface area contributed by atoms with Crippen LogP contribution in [0.3, 0.4) is 0 Å². The Hall–Kier alpha value is -0.403. The van der Waals surface area contributed by atoms with E-state index >= 15 is 0 Å². The van der Waals surface area contributed by atoms with Gasteiger partial charge in [0.15, 0.2) is 0 Å². The van der Waals surface area contributed by atoms with Gasteiger partial charge in [0.25, 0.3) is 0 Å². The third kappa shape index (κ3) is 8.87. The topological polar surface area (TPSA) is 52.6 Å². The number of rotatable bonds is 5. The van der Waals surface area contributed by atoms with Crippen LogP contribution >= 0.6 is 7.60 Å². The lowest BCUT2D eigenvalue weighted by Gasteiger charge is -2.09. The first kappa shape index (κ1) is 15.6. The molecule has 0 aromatic carbocycles. The van der Waals surface area contributed by atoms with Crippen LogP contribution in [0.15, 0.2) is 0 Å². The van der Waals surface area contributed by atoms with E-state index in [0.717, 1.165) is 0 Å². The molecule has 0 aliphatic carbocycles. The molecule has 1 atom stereocenters. The fraction of sp³-hybridized carbons (Fsp3) is 0.700. The number of carbonyl (C=O) groups excluding carboxylic acids is 1. The smallest absolute Gasteiger partial charge is 0.312 e. The summed E-state index contributed by atoms with van der Waals surface area (Å²) in [6.07, 6.45) is 0.151. The van der Waals surface area contributed by atoms with E-state index in [1.165, 1.54) is 13.8 Å². The number of hydrogen-bond acceptors (Lipinski definition) is 4. The lowest BCUT2D eigenvalue weighted by Crippen LogP contribution is -2.17. The van der Waals surface area contributed by atoms with Crippen molar-refractivity contribution in [2.24, 2.45) is 0 Å². The molecule has 0 saturated carbocycles. The van der Waals surface area contributed by atoms with Gasteiger partial charge in [-0.15, -0.1) is 5.54 Å². The van der Waals surface area contributed by atoms with Gasteiger partial charge in [0.05, 0.1) is 6.61 Å². The van der Waals surface area contributed by atoms with Gasteiger partial charge >= 0.3 is 7.60 Å². The molecule has 0 aromatic rings. The normalized spacial score (nSPS) is 14.8. The average Bonchev–Trinajstić information content (AvgIpc) is 2.13.